The van der Waals surface area contributed by atoms with Crippen molar-refractivity contribution in [1.82, 2.24) is 5.32 Å². The van der Waals surface area contributed by atoms with E-state index in [-0.39, 0.29) is 0 Å². The minimum atomic E-state index is 0.667. The zero-order valence-corrected chi connectivity index (χ0v) is 9.95. The maximum Gasteiger partial charge on any atom is 0.0139 e. The Morgan fingerprint density at radius 1 is 1.50 bits per heavy atom. The summed E-state index contributed by atoms with van der Waals surface area (Å²) in [5.41, 5.74) is 1.39. The van der Waals surface area contributed by atoms with Crippen LogP contribution in [-0.2, 0) is 0 Å². The lowest BCUT2D eigenvalue weighted by molar-refractivity contribution is 0.514. The van der Waals surface area contributed by atoms with Gasteiger partial charge in [-0.15, -0.1) is 0 Å². The molecule has 1 unspecified atom stereocenters. The summed E-state index contributed by atoms with van der Waals surface area (Å²) in [6.45, 7) is 7.50. The Morgan fingerprint density at radius 2 is 2.17 bits per heavy atom. The van der Waals surface area contributed by atoms with Crippen LogP contribution in [0.25, 0.3) is 0 Å². The van der Waals surface area contributed by atoms with Crippen LogP contribution in [0.2, 0.25) is 0 Å². The normalized spacial score (nSPS) is 12.7. The Morgan fingerprint density at radius 3 is 2.58 bits per heavy atom. The number of rotatable bonds is 6. The average molecular weight is 234 g/mol. The van der Waals surface area contributed by atoms with Gasteiger partial charge in [-0.1, -0.05) is 34.5 Å². The molecule has 1 N–H and O–H groups in total. The van der Waals surface area contributed by atoms with Gasteiger partial charge in [0.05, 0.1) is 0 Å². The van der Waals surface area contributed by atoms with Crippen molar-refractivity contribution in [3.8, 4) is 0 Å². The van der Waals surface area contributed by atoms with Crippen molar-refractivity contribution in [2.45, 2.75) is 39.7 Å². The van der Waals surface area contributed by atoms with E-state index in [1.54, 1.807) is 0 Å². The quantitative estimate of drug-likeness (QED) is 0.550. The molecule has 0 aromatic carbocycles. The first-order valence-electron chi connectivity index (χ1n) is 4.63. The molecule has 0 rings (SSSR count). The van der Waals surface area contributed by atoms with Crippen molar-refractivity contribution in [1.29, 1.82) is 0 Å². The molecule has 2 heteroatoms. The lowest BCUT2D eigenvalue weighted by Crippen LogP contribution is -2.28. The summed E-state index contributed by atoms with van der Waals surface area (Å²) >= 11 is 3.46. The smallest absolute Gasteiger partial charge is 0.0139 e. The highest BCUT2D eigenvalue weighted by Crippen LogP contribution is 2.00. The van der Waals surface area contributed by atoms with E-state index in [2.05, 4.69) is 48.1 Å². The van der Waals surface area contributed by atoms with Crippen LogP contribution in [-0.4, -0.2) is 17.9 Å². The summed E-state index contributed by atoms with van der Waals surface area (Å²) in [6.07, 6.45) is 4.66. The molecule has 0 radical (unpaired) electrons. The third kappa shape index (κ3) is 6.86. The second kappa shape index (κ2) is 7.81. The van der Waals surface area contributed by atoms with Crippen molar-refractivity contribution in [3.05, 3.63) is 11.6 Å². The molecule has 0 aliphatic heterocycles. The van der Waals surface area contributed by atoms with Crippen LogP contribution in [0, 0.1) is 0 Å². The van der Waals surface area contributed by atoms with Crippen LogP contribution >= 0.6 is 15.9 Å². The maximum absolute atomic E-state index is 3.50. The van der Waals surface area contributed by atoms with Crippen molar-refractivity contribution < 1.29 is 0 Å². The highest BCUT2D eigenvalue weighted by molar-refractivity contribution is 9.09. The Balaban J connectivity index is 3.51. The maximum atomic E-state index is 3.50. The van der Waals surface area contributed by atoms with E-state index in [1.807, 2.05) is 0 Å². The Bertz CT molecular complexity index is 128. The third-order valence-electron chi connectivity index (χ3n) is 1.87. The first-order valence-corrected chi connectivity index (χ1v) is 5.75. The predicted octanol–water partition coefficient (Wildman–Crippen LogP) is 3.11. The summed E-state index contributed by atoms with van der Waals surface area (Å²) in [6, 6.07) is 0.667. The first kappa shape index (κ1) is 12.2. The van der Waals surface area contributed by atoms with Crippen molar-refractivity contribution >= 4 is 15.9 Å². The fourth-order valence-electron chi connectivity index (χ4n) is 1.01. The van der Waals surface area contributed by atoms with Crippen LogP contribution in [0.1, 0.15) is 33.6 Å². The molecule has 0 fully saturated rings. The third-order valence-corrected chi connectivity index (χ3v) is 2.33. The van der Waals surface area contributed by atoms with E-state index >= 15 is 0 Å². The largest absolute Gasteiger partial charge is 0.311 e. The van der Waals surface area contributed by atoms with Gasteiger partial charge in [-0.2, -0.15) is 0 Å². The fraction of sp³-hybridized carbons (Fsp3) is 0.800. The summed E-state index contributed by atoms with van der Waals surface area (Å²) in [7, 11) is 0. The molecule has 0 saturated heterocycles. The van der Waals surface area contributed by atoms with Gasteiger partial charge in [0.1, 0.15) is 0 Å². The molecule has 0 amide bonds. The Kier molecular flexibility index (Phi) is 7.93. The number of halogens is 1. The van der Waals surface area contributed by atoms with Crippen molar-refractivity contribution in [2.75, 3.05) is 11.9 Å². The van der Waals surface area contributed by atoms with Crippen molar-refractivity contribution in [3.63, 3.8) is 0 Å². The molecule has 0 bridgehead atoms. The van der Waals surface area contributed by atoms with Crippen LogP contribution in [0.15, 0.2) is 11.6 Å². The van der Waals surface area contributed by atoms with E-state index in [1.165, 1.54) is 18.4 Å². The van der Waals surface area contributed by atoms with E-state index in [4.69, 9.17) is 0 Å². The van der Waals surface area contributed by atoms with Gasteiger partial charge in [0.15, 0.2) is 0 Å². The summed E-state index contributed by atoms with van der Waals surface area (Å²) in [5.74, 6) is 0. The molecule has 0 aliphatic rings. The topological polar surface area (TPSA) is 12.0 Å². The second-order valence-corrected chi connectivity index (χ2v) is 4.07. The van der Waals surface area contributed by atoms with E-state index in [9.17, 15) is 0 Å². The molecule has 0 aromatic rings. The molecule has 0 aliphatic carbocycles. The molecule has 0 aromatic heterocycles. The molecule has 1 atom stereocenters. The van der Waals surface area contributed by atoms with Crippen LogP contribution in [0.3, 0.4) is 0 Å². The number of alkyl halides is 1. The van der Waals surface area contributed by atoms with Gasteiger partial charge in [0.25, 0.3) is 0 Å². The summed E-state index contributed by atoms with van der Waals surface area (Å²) in [5, 5.41) is 4.59. The van der Waals surface area contributed by atoms with Crippen LogP contribution in [0.5, 0.6) is 0 Å². The monoisotopic (exact) mass is 233 g/mol. The van der Waals surface area contributed by atoms with Gasteiger partial charge in [0.2, 0.25) is 0 Å². The number of hydrogen-bond donors (Lipinski definition) is 1. The molecule has 0 heterocycles. The van der Waals surface area contributed by atoms with E-state index in [0.717, 1.165) is 11.9 Å². The van der Waals surface area contributed by atoms with Gasteiger partial charge < -0.3 is 5.32 Å². The second-order valence-electron chi connectivity index (χ2n) is 3.27. The molecular formula is C10H20BrN. The summed E-state index contributed by atoms with van der Waals surface area (Å²) < 4.78 is 0. The highest BCUT2D eigenvalue weighted by atomic mass is 79.9. The molecule has 1 nitrogen and oxygen atoms in total. The SMILES string of the molecule is CCC(CCBr)NCC=C(C)C. The fourth-order valence-corrected chi connectivity index (χ4v) is 1.56. The minimum absolute atomic E-state index is 0.667. The van der Waals surface area contributed by atoms with E-state index in [0.29, 0.717) is 6.04 Å². The number of allylic oxidation sites excluding steroid dienone is 1. The summed E-state index contributed by atoms with van der Waals surface area (Å²) in [4.78, 5) is 0. The first-order chi connectivity index (χ1) is 5.70. The standard InChI is InChI=1S/C10H20BrN/c1-4-10(5-7-11)12-8-6-9(2)3/h6,10,12H,4-5,7-8H2,1-3H3. The van der Waals surface area contributed by atoms with Gasteiger partial charge >= 0.3 is 0 Å². The van der Waals surface area contributed by atoms with Gasteiger partial charge in [-0.25, -0.2) is 0 Å². The van der Waals surface area contributed by atoms with E-state index < -0.39 is 0 Å². The zero-order chi connectivity index (χ0) is 9.40. The highest BCUT2D eigenvalue weighted by Gasteiger charge is 2.01. The Hall–Kier alpha value is 0.180. The molecule has 72 valence electrons. The molecular weight excluding hydrogens is 214 g/mol. The number of nitrogens with one attached hydrogen (secondary N) is 1. The van der Waals surface area contributed by atoms with Gasteiger partial charge in [-0.3, -0.25) is 0 Å². The minimum Gasteiger partial charge on any atom is -0.311 e. The van der Waals surface area contributed by atoms with Crippen LogP contribution in [0.4, 0.5) is 0 Å². The Labute approximate surface area is 84.8 Å². The molecule has 0 saturated carbocycles. The van der Waals surface area contributed by atoms with Gasteiger partial charge in [0, 0.05) is 17.9 Å². The lowest BCUT2D eigenvalue weighted by Gasteiger charge is -2.13. The molecule has 0 spiro atoms. The lowest BCUT2D eigenvalue weighted by atomic mass is 10.2. The van der Waals surface area contributed by atoms with Crippen LogP contribution < -0.4 is 5.32 Å². The zero-order valence-electron chi connectivity index (χ0n) is 8.36. The number of hydrogen-bond acceptors (Lipinski definition) is 1. The molecule has 12 heavy (non-hydrogen) atoms. The predicted molar refractivity (Wildman–Crippen MR) is 59.9 cm³/mol. The average Bonchev–Trinajstić information content (AvgIpc) is 2.02. The van der Waals surface area contributed by atoms with Crippen molar-refractivity contribution in [2.24, 2.45) is 0 Å². The van der Waals surface area contributed by atoms with Gasteiger partial charge in [-0.05, 0) is 26.7 Å².